The van der Waals surface area contributed by atoms with Crippen LogP contribution in [0.5, 0.6) is 0 Å². The number of benzene rings is 1. The number of aromatic amines is 1. The Kier molecular flexibility index (Phi) is 4.08. The molecule has 3 N–H and O–H groups in total. The summed E-state index contributed by atoms with van der Waals surface area (Å²) in [6.07, 6.45) is 1.35. The molecule has 0 spiro atoms. The number of anilines is 2. The number of amides is 1. The highest BCUT2D eigenvalue weighted by Crippen LogP contribution is 2.17. The van der Waals surface area contributed by atoms with E-state index in [-0.39, 0.29) is 16.5 Å². The van der Waals surface area contributed by atoms with Crippen molar-refractivity contribution in [3.05, 3.63) is 52.9 Å². The first kappa shape index (κ1) is 14.8. The molecular formula is C13H13N3O4S. The fourth-order valence-corrected chi connectivity index (χ4v) is 2.69. The zero-order valence-electron chi connectivity index (χ0n) is 11.1. The number of carbonyl (C=O) groups is 1. The SMILES string of the molecule is CC(=O)Nc1ccc(S(=O)(=O)Nc2cc[nH]c(=O)c2)cc1. The van der Waals surface area contributed by atoms with Crippen LogP contribution in [0.25, 0.3) is 0 Å². The molecule has 0 radical (unpaired) electrons. The molecule has 0 saturated carbocycles. The Labute approximate surface area is 121 Å². The summed E-state index contributed by atoms with van der Waals surface area (Å²) in [5, 5.41) is 2.54. The molecule has 0 atom stereocenters. The number of hydrogen-bond acceptors (Lipinski definition) is 4. The predicted octanol–water partition coefficient (Wildman–Crippen LogP) is 1.13. The molecule has 0 unspecified atom stereocenters. The van der Waals surface area contributed by atoms with Crippen LogP contribution in [0.1, 0.15) is 6.92 Å². The summed E-state index contributed by atoms with van der Waals surface area (Å²) in [6, 6.07) is 8.26. The van der Waals surface area contributed by atoms with Crippen molar-refractivity contribution in [3.63, 3.8) is 0 Å². The molecule has 21 heavy (non-hydrogen) atoms. The van der Waals surface area contributed by atoms with Gasteiger partial charge in [-0.15, -0.1) is 0 Å². The summed E-state index contributed by atoms with van der Waals surface area (Å²) < 4.78 is 26.6. The molecule has 8 heteroatoms. The standard InChI is InChI=1S/C13H13N3O4S/c1-9(17)15-10-2-4-12(5-3-10)21(19,20)16-11-6-7-14-13(18)8-11/h2-8H,1H3,(H,15,17)(H2,14,16,18). The quantitative estimate of drug-likeness (QED) is 0.787. The zero-order valence-corrected chi connectivity index (χ0v) is 11.9. The molecule has 110 valence electrons. The summed E-state index contributed by atoms with van der Waals surface area (Å²) in [6.45, 7) is 1.36. The number of carbonyl (C=O) groups excluding carboxylic acids is 1. The van der Waals surface area contributed by atoms with Crippen LogP contribution in [0.15, 0.2) is 52.3 Å². The number of rotatable bonds is 4. The van der Waals surface area contributed by atoms with Crippen LogP contribution in [0.3, 0.4) is 0 Å². The lowest BCUT2D eigenvalue weighted by Crippen LogP contribution is -2.15. The van der Waals surface area contributed by atoms with Gasteiger partial charge in [0, 0.05) is 24.9 Å². The normalized spacial score (nSPS) is 10.9. The van der Waals surface area contributed by atoms with Crippen molar-refractivity contribution in [2.24, 2.45) is 0 Å². The fourth-order valence-electron chi connectivity index (χ4n) is 1.64. The van der Waals surface area contributed by atoms with Crippen LogP contribution in [-0.4, -0.2) is 19.3 Å². The van der Waals surface area contributed by atoms with E-state index >= 15 is 0 Å². The third kappa shape index (κ3) is 3.93. The minimum Gasteiger partial charge on any atom is -0.329 e. The molecule has 0 aliphatic rings. The van der Waals surface area contributed by atoms with Gasteiger partial charge < -0.3 is 10.3 Å². The van der Waals surface area contributed by atoms with Gasteiger partial charge in [0.2, 0.25) is 11.5 Å². The highest BCUT2D eigenvalue weighted by atomic mass is 32.2. The molecule has 1 aromatic carbocycles. The van der Waals surface area contributed by atoms with E-state index < -0.39 is 15.6 Å². The average molecular weight is 307 g/mol. The number of H-pyrrole nitrogens is 1. The Morgan fingerprint density at radius 1 is 1.10 bits per heavy atom. The Bertz CT molecular complexity index is 810. The predicted molar refractivity (Wildman–Crippen MR) is 78.6 cm³/mol. The van der Waals surface area contributed by atoms with E-state index in [1.54, 1.807) is 0 Å². The van der Waals surface area contributed by atoms with Crippen LogP contribution in [-0.2, 0) is 14.8 Å². The highest BCUT2D eigenvalue weighted by molar-refractivity contribution is 7.92. The molecule has 0 fully saturated rings. The summed E-state index contributed by atoms with van der Waals surface area (Å²) in [7, 11) is -3.79. The molecule has 0 saturated heterocycles. The molecule has 1 heterocycles. The first-order valence-corrected chi connectivity index (χ1v) is 7.44. The molecule has 7 nitrogen and oxygen atoms in total. The van der Waals surface area contributed by atoms with Gasteiger partial charge in [0.05, 0.1) is 10.6 Å². The summed E-state index contributed by atoms with van der Waals surface area (Å²) in [5.74, 6) is -0.243. The topological polar surface area (TPSA) is 108 Å². The zero-order chi connectivity index (χ0) is 15.5. The van der Waals surface area contributed by atoms with Crippen molar-refractivity contribution in [2.45, 2.75) is 11.8 Å². The van der Waals surface area contributed by atoms with E-state index in [4.69, 9.17) is 0 Å². The van der Waals surface area contributed by atoms with Crippen molar-refractivity contribution >= 4 is 27.3 Å². The van der Waals surface area contributed by atoms with Gasteiger partial charge in [0.25, 0.3) is 10.0 Å². The minimum atomic E-state index is -3.79. The van der Waals surface area contributed by atoms with Gasteiger partial charge in [-0.2, -0.15) is 0 Å². The third-order valence-electron chi connectivity index (χ3n) is 2.51. The van der Waals surface area contributed by atoms with Crippen molar-refractivity contribution in [3.8, 4) is 0 Å². The van der Waals surface area contributed by atoms with Gasteiger partial charge in [-0.05, 0) is 30.3 Å². The molecule has 1 aromatic heterocycles. The molecular weight excluding hydrogens is 294 g/mol. The molecule has 0 aliphatic heterocycles. The summed E-state index contributed by atoms with van der Waals surface area (Å²) in [4.78, 5) is 24.4. The van der Waals surface area contributed by atoms with Crippen molar-refractivity contribution in [1.29, 1.82) is 0 Å². The molecule has 0 bridgehead atoms. The monoisotopic (exact) mass is 307 g/mol. The second kappa shape index (κ2) is 5.80. The van der Waals surface area contributed by atoms with Crippen molar-refractivity contribution in [1.82, 2.24) is 4.98 Å². The van der Waals surface area contributed by atoms with Gasteiger partial charge in [0.1, 0.15) is 0 Å². The number of hydrogen-bond donors (Lipinski definition) is 3. The van der Waals surface area contributed by atoms with Gasteiger partial charge in [-0.3, -0.25) is 14.3 Å². The summed E-state index contributed by atoms with van der Waals surface area (Å²) in [5.41, 5.74) is 0.262. The average Bonchev–Trinajstić information content (AvgIpc) is 2.38. The van der Waals surface area contributed by atoms with Crippen LogP contribution in [0.4, 0.5) is 11.4 Å². The van der Waals surface area contributed by atoms with E-state index in [1.165, 1.54) is 43.5 Å². The third-order valence-corrected chi connectivity index (χ3v) is 3.91. The number of aromatic nitrogens is 1. The number of nitrogens with one attached hydrogen (secondary N) is 3. The Morgan fingerprint density at radius 2 is 1.76 bits per heavy atom. The number of sulfonamides is 1. The van der Waals surface area contributed by atoms with Crippen LogP contribution in [0.2, 0.25) is 0 Å². The van der Waals surface area contributed by atoms with Crippen molar-refractivity contribution in [2.75, 3.05) is 10.0 Å². The maximum Gasteiger partial charge on any atom is 0.261 e. The minimum absolute atomic E-state index is 0.0249. The number of pyridine rings is 1. The van der Waals surface area contributed by atoms with Gasteiger partial charge >= 0.3 is 0 Å². The fraction of sp³-hybridized carbons (Fsp3) is 0.0769. The van der Waals surface area contributed by atoms with Gasteiger partial charge in [0.15, 0.2) is 0 Å². The smallest absolute Gasteiger partial charge is 0.261 e. The summed E-state index contributed by atoms with van der Waals surface area (Å²) >= 11 is 0. The Balaban J connectivity index is 2.23. The van der Waals surface area contributed by atoms with Crippen molar-refractivity contribution < 1.29 is 13.2 Å². The maximum atomic E-state index is 12.1. The van der Waals surface area contributed by atoms with Gasteiger partial charge in [-0.25, -0.2) is 8.42 Å². The molecule has 0 aliphatic carbocycles. The lowest BCUT2D eigenvalue weighted by molar-refractivity contribution is -0.114. The van der Waals surface area contributed by atoms with Gasteiger partial charge in [-0.1, -0.05) is 0 Å². The van der Waals surface area contributed by atoms with E-state index in [2.05, 4.69) is 15.0 Å². The first-order chi connectivity index (χ1) is 9.87. The second-order valence-corrected chi connectivity index (χ2v) is 5.94. The molecule has 2 aromatic rings. The van der Waals surface area contributed by atoms with E-state index in [1.807, 2.05) is 0 Å². The lowest BCUT2D eigenvalue weighted by atomic mass is 10.3. The van der Waals surface area contributed by atoms with E-state index in [9.17, 15) is 18.0 Å². The van der Waals surface area contributed by atoms with E-state index in [0.29, 0.717) is 5.69 Å². The maximum absolute atomic E-state index is 12.1. The van der Waals surface area contributed by atoms with Crippen LogP contribution >= 0.6 is 0 Å². The molecule has 1 amide bonds. The van der Waals surface area contributed by atoms with Crippen LogP contribution < -0.4 is 15.6 Å². The Morgan fingerprint density at radius 3 is 2.33 bits per heavy atom. The highest BCUT2D eigenvalue weighted by Gasteiger charge is 2.14. The Hall–Kier alpha value is -2.61. The van der Waals surface area contributed by atoms with Crippen LogP contribution in [0, 0.1) is 0 Å². The largest absolute Gasteiger partial charge is 0.329 e. The first-order valence-electron chi connectivity index (χ1n) is 5.96. The van der Waals surface area contributed by atoms with E-state index in [0.717, 1.165) is 6.07 Å². The molecule has 2 rings (SSSR count). The lowest BCUT2D eigenvalue weighted by Gasteiger charge is -2.08. The second-order valence-electron chi connectivity index (χ2n) is 4.25.